The van der Waals surface area contributed by atoms with Gasteiger partial charge in [0.2, 0.25) is 0 Å². The Morgan fingerprint density at radius 1 is 0.190 bits per heavy atom. The molecule has 6 nitrogen and oxygen atoms in total. The van der Waals surface area contributed by atoms with E-state index in [0.29, 0.717) is 69.7 Å². The molecule has 0 spiro atoms. The van der Waals surface area contributed by atoms with Crippen molar-refractivity contribution >= 4 is 67.1 Å². The zero-order valence-electron chi connectivity index (χ0n) is 35.9. The first-order chi connectivity index (χ1) is 28.1. The molecule has 58 heavy (non-hydrogen) atoms. The van der Waals surface area contributed by atoms with Gasteiger partial charge >= 0.3 is 0 Å². The van der Waals surface area contributed by atoms with Crippen LogP contribution in [0.3, 0.4) is 0 Å². The SMILES string of the molecule is [O-][S+]1C[C@H]2CC[C@H](CC2)C[S+]([O-])C[C@H]2CC[C@H](CC2)C[S+]([O-])C[C@H]2CC[C@H](CC2)[S@+]([O-])[C@@H]2CC[C@@H](CC2)C[S+]([O-])C[C@@H]2CC[C@@H](CC2)C[S+]([O-])C[C@@H]2CC[C@@H](CC2)C1. The molecular formula is C46H80O6S6. The Labute approximate surface area is 373 Å². The quantitative estimate of drug-likeness (QED) is 0.223. The third-order valence-corrected chi connectivity index (χ3v) is 27.0. The summed E-state index contributed by atoms with van der Waals surface area (Å²) in [6, 6.07) is 0. The summed E-state index contributed by atoms with van der Waals surface area (Å²) in [6.07, 6.45) is 26.4. The van der Waals surface area contributed by atoms with Crippen LogP contribution < -0.4 is 0 Å². The van der Waals surface area contributed by atoms with Crippen LogP contribution in [0.15, 0.2) is 0 Å². The van der Waals surface area contributed by atoms with Crippen LogP contribution in [-0.4, -0.2) is 95.3 Å². The lowest BCUT2D eigenvalue weighted by atomic mass is 9.84. The molecule has 0 amide bonds. The van der Waals surface area contributed by atoms with Crippen LogP contribution in [0.4, 0.5) is 0 Å². The van der Waals surface area contributed by atoms with Crippen molar-refractivity contribution in [1.29, 1.82) is 0 Å². The smallest absolute Gasteiger partial charge is 0.116 e. The van der Waals surface area contributed by atoms with Gasteiger partial charge in [-0.25, -0.2) is 0 Å². The molecule has 16 fully saturated rings. The second-order valence-corrected chi connectivity index (χ2v) is 30.7. The molecule has 6 aliphatic carbocycles. The summed E-state index contributed by atoms with van der Waals surface area (Å²) in [7, 11) is 0. The molecule has 0 radical (unpaired) electrons. The van der Waals surface area contributed by atoms with Crippen LogP contribution >= 0.6 is 0 Å². The highest BCUT2D eigenvalue weighted by atomic mass is 32.2. The highest BCUT2D eigenvalue weighted by Crippen LogP contribution is 2.40. The maximum absolute atomic E-state index is 13.7. The van der Waals surface area contributed by atoms with Gasteiger partial charge in [0.1, 0.15) is 68.0 Å². The predicted molar refractivity (Wildman–Crippen MR) is 251 cm³/mol. The molecule has 0 aromatic carbocycles. The first-order valence-electron chi connectivity index (χ1n) is 24.2. The largest absolute Gasteiger partial charge is 0.616 e. The fourth-order valence-electron chi connectivity index (χ4n) is 12.6. The second-order valence-electron chi connectivity index (χ2n) is 21.0. The fraction of sp³-hybridized carbons (Fsp3) is 1.00. The van der Waals surface area contributed by atoms with E-state index in [-0.39, 0.29) is 0 Å². The average molecular weight is 922 g/mol. The van der Waals surface area contributed by atoms with Crippen molar-refractivity contribution in [3.63, 3.8) is 0 Å². The molecule has 10 saturated heterocycles. The summed E-state index contributed by atoms with van der Waals surface area (Å²) in [5, 5.41) is 0.594. The summed E-state index contributed by atoms with van der Waals surface area (Å²) in [4.78, 5) is 0. The van der Waals surface area contributed by atoms with E-state index in [2.05, 4.69) is 0 Å². The van der Waals surface area contributed by atoms with E-state index in [0.717, 1.165) is 212 Å². The Balaban J connectivity index is 0.868. The molecule has 16 aliphatic rings. The third-order valence-electron chi connectivity index (χ3n) is 16.3. The van der Waals surface area contributed by atoms with Gasteiger partial charge in [0.15, 0.2) is 0 Å². The van der Waals surface area contributed by atoms with Gasteiger partial charge in [-0.05, 0) is 165 Å². The predicted octanol–water partition coefficient (Wildman–Crippen LogP) is 8.84. The first kappa shape index (κ1) is 47.8. The lowest BCUT2D eigenvalue weighted by molar-refractivity contribution is 0.297. The van der Waals surface area contributed by atoms with Crippen LogP contribution in [0.2, 0.25) is 0 Å². The first-order valence-corrected chi connectivity index (χ1v) is 33.0. The van der Waals surface area contributed by atoms with Gasteiger partial charge in [-0.3, -0.25) is 0 Å². The summed E-state index contributed by atoms with van der Waals surface area (Å²) >= 11 is -4.63. The van der Waals surface area contributed by atoms with Gasteiger partial charge in [0, 0.05) is 59.2 Å². The normalized spacial score (nSPS) is 47.9. The van der Waals surface area contributed by atoms with E-state index in [1.54, 1.807) is 0 Å². The molecule has 6 saturated carbocycles. The third kappa shape index (κ3) is 15.5. The Morgan fingerprint density at radius 3 is 0.448 bits per heavy atom. The van der Waals surface area contributed by atoms with E-state index in [1.807, 2.05) is 0 Å². The summed E-state index contributed by atoms with van der Waals surface area (Å²) in [5.41, 5.74) is 0. The Bertz CT molecular complexity index is 1060. The van der Waals surface area contributed by atoms with Crippen molar-refractivity contribution in [2.45, 2.75) is 165 Å². The topological polar surface area (TPSA) is 138 Å². The van der Waals surface area contributed by atoms with Crippen molar-refractivity contribution in [1.82, 2.24) is 0 Å². The van der Waals surface area contributed by atoms with E-state index in [1.165, 1.54) is 0 Å². The summed E-state index contributed by atoms with van der Waals surface area (Å²) in [6.45, 7) is 0. The second kappa shape index (κ2) is 24.4. The highest BCUT2D eigenvalue weighted by Gasteiger charge is 2.40. The van der Waals surface area contributed by atoms with Crippen LogP contribution in [0.1, 0.15) is 154 Å². The van der Waals surface area contributed by atoms with E-state index in [4.69, 9.17) is 0 Å². The van der Waals surface area contributed by atoms with E-state index in [9.17, 15) is 27.3 Å². The molecule has 0 aromatic rings. The van der Waals surface area contributed by atoms with Gasteiger partial charge in [0.05, 0.1) is 0 Å². The monoisotopic (exact) mass is 920 g/mol. The minimum absolute atomic E-state index is 0.297. The van der Waals surface area contributed by atoms with Crippen LogP contribution in [0.25, 0.3) is 0 Å². The number of hydrogen-bond donors (Lipinski definition) is 0. The van der Waals surface area contributed by atoms with Gasteiger partial charge in [-0.1, -0.05) is 55.9 Å². The molecule has 16 rings (SSSR count). The average Bonchev–Trinajstić information content (AvgIpc) is 3.21. The number of rotatable bonds is 0. The molecular weight excluding hydrogens is 841 g/mol. The molecule has 10 heterocycles. The molecule has 10 aliphatic heterocycles. The van der Waals surface area contributed by atoms with Crippen LogP contribution in [0, 0.1) is 59.2 Å². The lowest BCUT2D eigenvalue weighted by Gasteiger charge is -2.36. The van der Waals surface area contributed by atoms with Crippen molar-refractivity contribution in [3.8, 4) is 0 Å². The van der Waals surface area contributed by atoms with Crippen molar-refractivity contribution < 1.29 is 27.3 Å². The van der Waals surface area contributed by atoms with Crippen LogP contribution in [-0.2, 0) is 67.1 Å². The maximum Gasteiger partial charge on any atom is 0.116 e. The molecule has 12 bridgehead atoms. The Hall–Kier alpha value is 1.86. The molecule has 12 heteroatoms. The zero-order chi connectivity index (χ0) is 40.4. The Kier molecular flexibility index (Phi) is 20.1. The molecule has 336 valence electrons. The van der Waals surface area contributed by atoms with Crippen LogP contribution in [0.5, 0.6) is 0 Å². The minimum Gasteiger partial charge on any atom is -0.616 e. The molecule has 0 aromatic heterocycles. The van der Waals surface area contributed by atoms with Gasteiger partial charge < -0.3 is 27.3 Å². The van der Waals surface area contributed by atoms with Gasteiger partial charge in [0.25, 0.3) is 0 Å². The van der Waals surface area contributed by atoms with E-state index >= 15 is 0 Å². The van der Waals surface area contributed by atoms with Crippen molar-refractivity contribution in [3.05, 3.63) is 0 Å². The zero-order valence-corrected chi connectivity index (χ0v) is 40.8. The van der Waals surface area contributed by atoms with E-state index < -0.39 is 67.1 Å². The number of hydrogen-bond acceptors (Lipinski definition) is 6. The lowest BCUT2D eigenvalue weighted by Crippen LogP contribution is -2.39. The molecule has 0 N–H and O–H groups in total. The van der Waals surface area contributed by atoms with Crippen molar-refractivity contribution in [2.24, 2.45) is 59.2 Å². The summed E-state index contributed by atoms with van der Waals surface area (Å²) in [5.74, 6) is 13.7. The summed E-state index contributed by atoms with van der Waals surface area (Å²) < 4.78 is 80.2. The highest BCUT2D eigenvalue weighted by molar-refractivity contribution is 7.93. The maximum atomic E-state index is 13.7. The van der Waals surface area contributed by atoms with Crippen molar-refractivity contribution in [2.75, 3.05) is 57.5 Å². The van der Waals surface area contributed by atoms with Gasteiger partial charge in [-0.15, -0.1) is 0 Å². The van der Waals surface area contributed by atoms with Gasteiger partial charge in [-0.2, -0.15) is 0 Å². The minimum atomic E-state index is -0.788. The fourth-order valence-corrected chi connectivity index (χ4v) is 23.9. The molecule has 4 atom stereocenters. The molecule has 4 unspecified atom stereocenters. The standard InChI is InChI=1S/C46H80O6S6/c47-53-25-35-1-5-37(6-2-35)27-54(48)29-39-9-13-41(14-10-39)31-56(50)33-43-17-21-45(22-18-43)58(52)46-23-19-44(20-24-46)34-57(51)32-42-15-11-40(12-16-42)30-55(49)28-38-7-3-36(26-53)4-8-38/h35-46H,1-34H2/t35-,36-,37+,38+,39-,40-,41+,42+,43-,44-,45+,46+,53?,54?,55?,56?,57?,58-. The Morgan fingerprint density at radius 2 is 0.310 bits per heavy atom.